The van der Waals surface area contributed by atoms with Gasteiger partial charge in [-0.05, 0) is 12.3 Å². The van der Waals surface area contributed by atoms with Crippen LogP contribution < -0.4 is 0 Å². The Labute approximate surface area is 102 Å². The van der Waals surface area contributed by atoms with Crippen LogP contribution in [-0.2, 0) is 4.79 Å². The van der Waals surface area contributed by atoms with E-state index in [1.54, 1.807) is 0 Å². The minimum Gasteiger partial charge on any atom is -0.481 e. The summed E-state index contributed by atoms with van der Waals surface area (Å²) in [5, 5.41) is 18.2. The van der Waals surface area contributed by atoms with Crippen LogP contribution in [0.25, 0.3) is 0 Å². The minimum absolute atomic E-state index is 0.119. The number of aliphatic hydroxyl groups excluding tert-OH is 1. The van der Waals surface area contributed by atoms with E-state index in [1.807, 2.05) is 0 Å². The predicted molar refractivity (Wildman–Crippen MR) is 57.3 cm³/mol. The number of carboxylic acids is 1. The molecular formula is C12H13F3O3. The van der Waals surface area contributed by atoms with E-state index in [-0.39, 0.29) is 12.8 Å². The minimum atomic E-state index is -1.50. The number of hydrogen-bond donors (Lipinski definition) is 2. The molecule has 3 nitrogen and oxygen atoms in total. The zero-order valence-electron chi connectivity index (χ0n) is 9.66. The molecule has 0 heterocycles. The van der Waals surface area contributed by atoms with Crippen LogP contribution >= 0.6 is 0 Å². The summed E-state index contributed by atoms with van der Waals surface area (Å²) in [7, 11) is 0. The zero-order chi connectivity index (χ0) is 13.9. The van der Waals surface area contributed by atoms with E-state index in [9.17, 15) is 23.1 Å². The quantitative estimate of drug-likeness (QED) is 0.857. The summed E-state index contributed by atoms with van der Waals surface area (Å²) >= 11 is 0. The highest BCUT2D eigenvalue weighted by Gasteiger charge is 2.22. The summed E-state index contributed by atoms with van der Waals surface area (Å²) in [6, 6.07) is 0.951. The van der Waals surface area contributed by atoms with Crippen molar-refractivity contribution in [3.63, 3.8) is 0 Å². The fourth-order valence-corrected chi connectivity index (χ4v) is 1.75. The third kappa shape index (κ3) is 3.73. The van der Waals surface area contributed by atoms with Crippen LogP contribution in [0.4, 0.5) is 13.2 Å². The molecule has 1 aromatic rings. The number of halogens is 3. The number of benzene rings is 1. The van der Waals surface area contributed by atoms with Gasteiger partial charge in [0.25, 0.3) is 0 Å². The topological polar surface area (TPSA) is 57.5 Å². The van der Waals surface area contributed by atoms with Crippen molar-refractivity contribution >= 4 is 5.97 Å². The maximum absolute atomic E-state index is 13.3. The second kappa shape index (κ2) is 5.86. The molecule has 2 atom stereocenters. The Bertz CT molecular complexity index is 425. The monoisotopic (exact) mass is 262 g/mol. The molecule has 0 radical (unpaired) electrons. The normalized spacial score (nSPS) is 14.3. The van der Waals surface area contributed by atoms with E-state index in [1.165, 1.54) is 6.92 Å². The smallest absolute Gasteiger partial charge is 0.303 e. The summed E-state index contributed by atoms with van der Waals surface area (Å²) < 4.78 is 39.3. The highest BCUT2D eigenvalue weighted by atomic mass is 19.1. The van der Waals surface area contributed by atoms with Crippen molar-refractivity contribution < 1.29 is 28.2 Å². The number of carbonyl (C=O) groups is 1. The Morgan fingerprint density at radius 3 is 2.22 bits per heavy atom. The highest BCUT2D eigenvalue weighted by Crippen LogP contribution is 2.27. The van der Waals surface area contributed by atoms with Gasteiger partial charge in [0, 0.05) is 18.6 Å². The van der Waals surface area contributed by atoms with Crippen molar-refractivity contribution in [2.75, 3.05) is 0 Å². The van der Waals surface area contributed by atoms with E-state index in [0.29, 0.717) is 12.1 Å². The molecule has 0 aliphatic rings. The molecule has 18 heavy (non-hydrogen) atoms. The lowest BCUT2D eigenvalue weighted by Gasteiger charge is -2.16. The van der Waals surface area contributed by atoms with Gasteiger partial charge in [-0.25, -0.2) is 13.2 Å². The Balaban J connectivity index is 2.84. The molecule has 0 spiro atoms. The van der Waals surface area contributed by atoms with Gasteiger partial charge in [-0.1, -0.05) is 6.92 Å². The number of carboxylic acid groups (broad SMARTS) is 1. The van der Waals surface area contributed by atoms with E-state index < -0.39 is 41.0 Å². The first kappa shape index (κ1) is 14.5. The van der Waals surface area contributed by atoms with Gasteiger partial charge in [0.2, 0.25) is 0 Å². The number of rotatable bonds is 5. The lowest BCUT2D eigenvalue weighted by atomic mass is 9.95. The Morgan fingerprint density at radius 1 is 1.28 bits per heavy atom. The Morgan fingerprint density at radius 2 is 1.78 bits per heavy atom. The van der Waals surface area contributed by atoms with Crippen LogP contribution in [0.1, 0.15) is 31.4 Å². The van der Waals surface area contributed by atoms with Gasteiger partial charge in [-0.3, -0.25) is 4.79 Å². The predicted octanol–water partition coefficient (Wildman–Crippen LogP) is 2.64. The van der Waals surface area contributed by atoms with Gasteiger partial charge in [0.05, 0.1) is 11.7 Å². The number of aliphatic hydroxyl groups is 1. The fraction of sp³-hybridized carbons (Fsp3) is 0.417. The summed E-state index contributed by atoms with van der Waals surface area (Å²) in [5.74, 6) is -4.94. The maximum atomic E-state index is 13.3. The fourth-order valence-electron chi connectivity index (χ4n) is 1.75. The van der Waals surface area contributed by atoms with E-state index in [2.05, 4.69) is 0 Å². The molecular weight excluding hydrogens is 249 g/mol. The van der Waals surface area contributed by atoms with Crippen molar-refractivity contribution in [2.45, 2.75) is 25.9 Å². The van der Waals surface area contributed by atoms with Crippen molar-refractivity contribution in [1.82, 2.24) is 0 Å². The third-order valence-corrected chi connectivity index (χ3v) is 2.53. The van der Waals surface area contributed by atoms with Crippen molar-refractivity contribution in [3.05, 3.63) is 35.1 Å². The first-order valence-corrected chi connectivity index (χ1v) is 5.35. The third-order valence-electron chi connectivity index (χ3n) is 2.53. The van der Waals surface area contributed by atoms with E-state index >= 15 is 0 Å². The van der Waals surface area contributed by atoms with Crippen LogP contribution in [0, 0.1) is 23.4 Å². The molecule has 0 aliphatic carbocycles. The molecule has 1 aromatic carbocycles. The molecule has 2 unspecified atom stereocenters. The summed E-state index contributed by atoms with van der Waals surface area (Å²) in [6.45, 7) is 1.54. The molecule has 6 heteroatoms. The SMILES string of the molecule is CC(CC(=O)O)CC(O)c1c(F)cc(F)cc1F. The second-order valence-electron chi connectivity index (χ2n) is 4.24. The van der Waals surface area contributed by atoms with Gasteiger partial charge in [0.15, 0.2) is 0 Å². The molecule has 0 aromatic heterocycles. The van der Waals surface area contributed by atoms with Crippen molar-refractivity contribution in [1.29, 1.82) is 0 Å². The summed E-state index contributed by atoms with van der Waals surface area (Å²) in [6.07, 6.45) is -1.84. The van der Waals surface area contributed by atoms with Crippen molar-refractivity contribution in [2.24, 2.45) is 5.92 Å². The van der Waals surface area contributed by atoms with E-state index in [0.717, 1.165) is 0 Å². The van der Waals surface area contributed by atoms with Crippen molar-refractivity contribution in [3.8, 4) is 0 Å². The molecule has 2 N–H and O–H groups in total. The average molecular weight is 262 g/mol. The van der Waals surface area contributed by atoms with E-state index in [4.69, 9.17) is 5.11 Å². The average Bonchev–Trinajstić information content (AvgIpc) is 2.12. The molecule has 0 fully saturated rings. The van der Waals surface area contributed by atoms with Gasteiger partial charge >= 0.3 is 5.97 Å². The largest absolute Gasteiger partial charge is 0.481 e. The van der Waals surface area contributed by atoms with Gasteiger partial charge in [0.1, 0.15) is 17.5 Å². The van der Waals surface area contributed by atoms with Crippen LogP contribution in [0.3, 0.4) is 0 Å². The molecule has 0 saturated carbocycles. The molecule has 100 valence electrons. The van der Waals surface area contributed by atoms with Gasteiger partial charge in [-0.15, -0.1) is 0 Å². The second-order valence-corrected chi connectivity index (χ2v) is 4.24. The van der Waals surface area contributed by atoms with Crippen LogP contribution in [0.5, 0.6) is 0 Å². The lowest BCUT2D eigenvalue weighted by Crippen LogP contribution is -2.12. The molecule has 0 bridgehead atoms. The van der Waals surface area contributed by atoms with Crippen LogP contribution in [-0.4, -0.2) is 16.2 Å². The standard InChI is InChI=1S/C12H13F3O3/c1-6(3-11(17)18)2-10(16)12-8(14)4-7(13)5-9(12)15/h4-6,10,16H,2-3H2,1H3,(H,17,18). The molecule has 0 aliphatic heterocycles. The first-order valence-electron chi connectivity index (χ1n) is 5.35. The highest BCUT2D eigenvalue weighted by molar-refractivity contribution is 5.66. The van der Waals surface area contributed by atoms with Gasteiger partial charge in [-0.2, -0.15) is 0 Å². The maximum Gasteiger partial charge on any atom is 0.303 e. The number of hydrogen-bond acceptors (Lipinski definition) is 2. The lowest BCUT2D eigenvalue weighted by molar-refractivity contribution is -0.138. The Kier molecular flexibility index (Phi) is 4.72. The Hall–Kier alpha value is -1.56. The summed E-state index contributed by atoms with van der Waals surface area (Å²) in [4.78, 5) is 10.4. The van der Waals surface area contributed by atoms with Crippen LogP contribution in [0.2, 0.25) is 0 Å². The molecule has 1 rings (SSSR count). The molecule has 0 saturated heterocycles. The number of aliphatic carboxylic acids is 1. The van der Waals surface area contributed by atoms with Gasteiger partial charge < -0.3 is 10.2 Å². The van der Waals surface area contributed by atoms with Crippen LogP contribution in [0.15, 0.2) is 12.1 Å². The first-order chi connectivity index (χ1) is 8.31. The zero-order valence-corrected chi connectivity index (χ0v) is 9.66. The summed E-state index contributed by atoms with van der Waals surface area (Å²) in [5.41, 5.74) is -0.631. The molecule has 0 amide bonds.